The van der Waals surface area contributed by atoms with E-state index in [0.29, 0.717) is 22.7 Å². The van der Waals surface area contributed by atoms with E-state index in [2.05, 4.69) is 15.5 Å². The molecule has 4 rings (SSSR count). The first-order chi connectivity index (χ1) is 10.4. The number of fused-ring (bicyclic) bond motifs is 2. The first-order valence-electron chi connectivity index (χ1n) is 6.77. The minimum absolute atomic E-state index is 0.257. The molecule has 0 unspecified atom stereocenters. The summed E-state index contributed by atoms with van der Waals surface area (Å²) in [6.07, 6.45) is 1.70. The van der Waals surface area contributed by atoms with Gasteiger partial charge in [-0.25, -0.2) is 4.98 Å². The van der Waals surface area contributed by atoms with Gasteiger partial charge in [-0.3, -0.25) is 0 Å². The fourth-order valence-corrected chi connectivity index (χ4v) is 1.97. The fourth-order valence-electron chi connectivity index (χ4n) is 1.97. The second-order valence-corrected chi connectivity index (χ2v) is 4.07. The van der Waals surface area contributed by atoms with Crippen molar-refractivity contribution in [1.82, 2.24) is 10.1 Å². The summed E-state index contributed by atoms with van der Waals surface area (Å²) >= 11 is 0. The third kappa shape index (κ3) is 2.47. The highest BCUT2D eigenvalue weighted by atomic mass is 16.7. The summed E-state index contributed by atoms with van der Waals surface area (Å²) in [6, 6.07) is 9.21. The monoisotopic (exact) mass is 285 g/mol. The van der Waals surface area contributed by atoms with Crippen molar-refractivity contribution in [3.8, 4) is 11.5 Å². The zero-order chi connectivity index (χ0) is 14.7. The molecule has 1 N–H and O–H groups in total. The van der Waals surface area contributed by atoms with Crippen molar-refractivity contribution in [2.45, 2.75) is 13.8 Å². The fraction of sp³-hybridized carbons (Fsp3) is 0.200. The highest BCUT2D eigenvalue weighted by molar-refractivity contribution is 5.86. The maximum atomic E-state index is 5.32. The second-order valence-electron chi connectivity index (χ2n) is 4.07. The van der Waals surface area contributed by atoms with Gasteiger partial charge < -0.3 is 19.3 Å². The van der Waals surface area contributed by atoms with E-state index < -0.39 is 0 Å². The number of pyridine rings is 1. The Kier molecular flexibility index (Phi) is 3.59. The highest BCUT2D eigenvalue weighted by Crippen LogP contribution is 2.35. The molecule has 2 aromatic heterocycles. The molecule has 108 valence electrons. The number of nitrogens with one attached hydrogen (secondary N) is 1. The van der Waals surface area contributed by atoms with Crippen LogP contribution in [0.2, 0.25) is 0 Å². The Morgan fingerprint density at radius 1 is 1.10 bits per heavy atom. The normalized spacial score (nSPS) is 11.9. The van der Waals surface area contributed by atoms with E-state index in [1.54, 1.807) is 12.3 Å². The Hall–Kier alpha value is -2.76. The molecule has 21 heavy (non-hydrogen) atoms. The molecular formula is C15H15N3O3. The quantitative estimate of drug-likeness (QED) is 0.773. The molecule has 3 aromatic rings. The molecule has 1 aliphatic heterocycles. The molecule has 3 heterocycles. The first kappa shape index (κ1) is 13.2. The van der Waals surface area contributed by atoms with Crippen LogP contribution in [0.3, 0.4) is 0 Å². The number of nitrogens with zero attached hydrogens (tertiary/aromatic N) is 2. The number of hydrogen-bond donors (Lipinski definition) is 1. The van der Waals surface area contributed by atoms with Crippen LogP contribution in [0.15, 0.2) is 41.1 Å². The molecule has 0 atom stereocenters. The van der Waals surface area contributed by atoms with Crippen LogP contribution in [-0.2, 0) is 0 Å². The van der Waals surface area contributed by atoms with Gasteiger partial charge in [0.15, 0.2) is 22.6 Å². The van der Waals surface area contributed by atoms with E-state index in [4.69, 9.17) is 14.0 Å². The largest absolute Gasteiger partial charge is 0.454 e. The molecule has 0 radical (unpaired) electrons. The van der Waals surface area contributed by atoms with E-state index in [-0.39, 0.29) is 6.79 Å². The summed E-state index contributed by atoms with van der Waals surface area (Å²) < 4.78 is 15.8. The van der Waals surface area contributed by atoms with E-state index >= 15 is 0 Å². The summed E-state index contributed by atoms with van der Waals surface area (Å²) in [6.45, 7) is 4.26. The van der Waals surface area contributed by atoms with E-state index in [0.717, 1.165) is 11.4 Å². The average molecular weight is 285 g/mol. The summed E-state index contributed by atoms with van der Waals surface area (Å²) in [4.78, 5) is 4.24. The number of ether oxygens (including phenoxy) is 2. The van der Waals surface area contributed by atoms with Crippen LogP contribution >= 0.6 is 0 Å². The maximum Gasteiger partial charge on any atom is 0.231 e. The third-order valence-electron chi connectivity index (χ3n) is 2.87. The van der Waals surface area contributed by atoms with Gasteiger partial charge in [0.2, 0.25) is 12.6 Å². The Morgan fingerprint density at radius 3 is 2.86 bits per heavy atom. The van der Waals surface area contributed by atoms with Crippen molar-refractivity contribution >= 4 is 22.6 Å². The molecule has 0 bridgehead atoms. The number of benzene rings is 1. The lowest BCUT2D eigenvalue weighted by Gasteiger charge is -2.03. The van der Waals surface area contributed by atoms with Crippen LogP contribution in [0, 0.1) is 0 Å². The Morgan fingerprint density at radius 2 is 1.95 bits per heavy atom. The minimum atomic E-state index is 0.257. The lowest BCUT2D eigenvalue weighted by molar-refractivity contribution is 0.174. The number of anilines is 2. The zero-order valence-electron chi connectivity index (χ0n) is 11.8. The second kappa shape index (κ2) is 5.70. The third-order valence-corrected chi connectivity index (χ3v) is 2.87. The number of aromatic nitrogens is 2. The van der Waals surface area contributed by atoms with Gasteiger partial charge in [0.25, 0.3) is 0 Å². The van der Waals surface area contributed by atoms with Crippen molar-refractivity contribution in [1.29, 1.82) is 0 Å². The molecular weight excluding hydrogens is 270 g/mol. The van der Waals surface area contributed by atoms with Gasteiger partial charge in [-0.15, -0.1) is 0 Å². The van der Waals surface area contributed by atoms with Crippen LogP contribution < -0.4 is 14.8 Å². The number of hydrogen-bond acceptors (Lipinski definition) is 6. The average Bonchev–Trinajstić information content (AvgIpc) is 3.16. The van der Waals surface area contributed by atoms with Crippen molar-refractivity contribution in [3.63, 3.8) is 0 Å². The lowest BCUT2D eigenvalue weighted by atomic mass is 10.2. The predicted octanol–water partition coefficient (Wildman–Crippen LogP) is 3.72. The van der Waals surface area contributed by atoms with E-state index in [1.165, 1.54) is 0 Å². The maximum absolute atomic E-state index is 5.32. The highest BCUT2D eigenvalue weighted by Gasteiger charge is 2.15. The van der Waals surface area contributed by atoms with E-state index in [1.807, 2.05) is 38.1 Å². The smallest absolute Gasteiger partial charge is 0.231 e. The zero-order valence-corrected chi connectivity index (χ0v) is 11.8. The van der Waals surface area contributed by atoms with E-state index in [9.17, 15) is 0 Å². The van der Waals surface area contributed by atoms with Gasteiger partial charge in [-0.2, -0.15) is 0 Å². The summed E-state index contributed by atoms with van der Waals surface area (Å²) in [5.41, 5.74) is 2.18. The first-order valence-corrected chi connectivity index (χ1v) is 6.77. The minimum Gasteiger partial charge on any atom is -0.454 e. The predicted molar refractivity (Wildman–Crippen MR) is 79.0 cm³/mol. The molecule has 0 saturated carbocycles. The molecule has 6 nitrogen and oxygen atoms in total. The molecule has 0 spiro atoms. The van der Waals surface area contributed by atoms with Gasteiger partial charge in [-0.05, 0) is 24.3 Å². The van der Waals surface area contributed by atoms with Crippen molar-refractivity contribution in [2.24, 2.45) is 0 Å². The van der Waals surface area contributed by atoms with Gasteiger partial charge in [0, 0.05) is 18.0 Å². The van der Waals surface area contributed by atoms with Crippen molar-refractivity contribution < 1.29 is 14.0 Å². The molecule has 6 heteroatoms. The molecule has 0 aliphatic carbocycles. The lowest BCUT2D eigenvalue weighted by Crippen LogP contribution is -1.93. The van der Waals surface area contributed by atoms with Gasteiger partial charge in [0.1, 0.15) is 0 Å². The van der Waals surface area contributed by atoms with Crippen LogP contribution in [0.4, 0.5) is 11.5 Å². The van der Waals surface area contributed by atoms with Crippen LogP contribution in [0.25, 0.3) is 11.1 Å². The molecule has 0 amide bonds. The molecule has 0 fully saturated rings. The molecule has 1 aromatic carbocycles. The van der Waals surface area contributed by atoms with Crippen molar-refractivity contribution in [2.75, 3.05) is 12.1 Å². The van der Waals surface area contributed by atoms with Crippen LogP contribution in [0.1, 0.15) is 13.8 Å². The Labute approximate surface area is 121 Å². The molecule has 1 aliphatic rings. The number of rotatable bonds is 2. The van der Waals surface area contributed by atoms with Gasteiger partial charge in [-0.1, -0.05) is 19.0 Å². The van der Waals surface area contributed by atoms with Crippen molar-refractivity contribution in [3.05, 3.63) is 36.5 Å². The summed E-state index contributed by atoms with van der Waals surface area (Å²) in [5, 5.41) is 7.12. The summed E-state index contributed by atoms with van der Waals surface area (Å²) in [5.74, 6) is 2.04. The van der Waals surface area contributed by atoms with Crippen LogP contribution in [-0.4, -0.2) is 16.9 Å². The van der Waals surface area contributed by atoms with Gasteiger partial charge in [0.05, 0.1) is 0 Å². The Bertz CT molecular complexity index is 755. The molecule has 0 saturated heterocycles. The van der Waals surface area contributed by atoms with Crippen LogP contribution in [0.5, 0.6) is 11.5 Å². The summed E-state index contributed by atoms with van der Waals surface area (Å²) in [7, 11) is 0. The van der Waals surface area contributed by atoms with Gasteiger partial charge >= 0.3 is 0 Å². The Balaban J connectivity index is 0.000000636. The topological polar surface area (TPSA) is 69.4 Å². The standard InChI is InChI=1S/C13H9N3O3.C2H6/c1-2-10-12(14-5-1)13(16-19-10)15-8-3-4-9-11(6-8)18-7-17-9;1-2/h1-6H,7H2,(H,15,16);1-2H3. The SMILES string of the molecule is CC.c1cnc2c(Nc3ccc4c(c3)OCO4)noc2c1.